The molecule has 5 nitrogen and oxygen atoms in total. The molecule has 0 aliphatic carbocycles. The number of nitrogens with one attached hydrogen (secondary N) is 1. The first kappa shape index (κ1) is 18.9. The molecule has 4 rings (SSSR count). The Kier molecular flexibility index (Phi) is 5.12. The fourth-order valence-electron chi connectivity index (χ4n) is 3.34. The third-order valence-corrected chi connectivity index (χ3v) is 5.67. The lowest BCUT2D eigenvalue weighted by Crippen LogP contribution is -2.55. The highest BCUT2D eigenvalue weighted by atomic mass is 32.1. The Balaban J connectivity index is 1.78. The summed E-state index contributed by atoms with van der Waals surface area (Å²) in [6.45, 7) is 0. The molecule has 0 saturated heterocycles. The van der Waals surface area contributed by atoms with Gasteiger partial charge in [0.15, 0.2) is 11.4 Å². The molecule has 1 aliphatic heterocycles. The Morgan fingerprint density at radius 3 is 2.45 bits per heavy atom. The summed E-state index contributed by atoms with van der Waals surface area (Å²) in [5, 5.41) is 4.68. The van der Waals surface area contributed by atoms with Crippen LogP contribution in [0.3, 0.4) is 0 Å². The number of carbonyl (C=O) groups is 2. The molecule has 1 N–H and O–H groups in total. The van der Waals surface area contributed by atoms with Gasteiger partial charge in [0.1, 0.15) is 5.75 Å². The number of ether oxygens (including phenoxy) is 1. The molecule has 3 amide bonds. The van der Waals surface area contributed by atoms with Gasteiger partial charge in [0.2, 0.25) is 0 Å². The van der Waals surface area contributed by atoms with Crippen LogP contribution in [-0.4, -0.2) is 19.0 Å². The molecule has 0 radical (unpaired) electrons. The van der Waals surface area contributed by atoms with Gasteiger partial charge in [-0.2, -0.15) is 0 Å². The fraction of sp³-hybridized carbons (Fsp3) is 0.0435. The lowest BCUT2D eigenvalue weighted by molar-refractivity contribution is -0.120. The number of carbonyl (C=O) groups excluding carboxylic acids is 2. The Morgan fingerprint density at radius 1 is 1.03 bits per heavy atom. The monoisotopic (exact) mass is 403 g/mol. The van der Waals surface area contributed by atoms with E-state index in [0.717, 1.165) is 16.2 Å². The minimum Gasteiger partial charge on any atom is -0.497 e. The lowest BCUT2D eigenvalue weighted by atomic mass is 10.1. The molecule has 6 heteroatoms. The molecule has 1 unspecified atom stereocenters. The van der Waals surface area contributed by atoms with Gasteiger partial charge in [-0.15, -0.1) is 15.8 Å². The Bertz CT molecular complexity index is 1090. The second kappa shape index (κ2) is 7.87. The number of rotatable bonds is 5. The van der Waals surface area contributed by atoms with Crippen LogP contribution in [0.25, 0.3) is 11.8 Å². The number of urea groups is 1. The molecule has 2 aromatic carbocycles. The van der Waals surface area contributed by atoms with Crippen molar-refractivity contribution in [3.63, 3.8) is 0 Å². The van der Waals surface area contributed by atoms with Crippen molar-refractivity contribution in [2.24, 2.45) is 0 Å². The summed E-state index contributed by atoms with van der Waals surface area (Å²) in [4.78, 5) is 27.5. The second-order valence-electron chi connectivity index (χ2n) is 6.41. The molecule has 2 heterocycles. The standard InChI is InChI=1S/C23H18N2O3S/c1-28-19-12-9-17(10-13-19)11-14-22(26)25(18-6-3-2-4-7-18)20(16-24-23(25)27)21-8-5-15-29-21/h2-16H,1H3/p+1. The van der Waals surface area contributed by atoms with Crippen molar-refractivity contribution in [1.29, 1.82) is 0 Å². The van der Waals surface area contributed by atoms with Gasteiger partial charge in [-0.1, -0.05) is 36.4 Å². The average Bonchev–Trinajstić information content (AvgIpc) is 3.41. The van der Waals surface area contributed by atoms with E-state index in [0.29, 0.717) is 11.4 Å². The van der Waals surface area contributed by atoms with Crippen LogP contribution in [0, 0.1) is 0 Å². The molecule has 0 fully saturated rings. The van der Waals surface area contributed by atoms with E-state index in [9.17, 15) is 9.59 Å². The maximum atomic E-state index is 13.5. The predicted octanol–water partition coefficient (Wildman–Crippen LogP) is 5.03. The number of amides is 3. The molecule has 144 valence electrons. The van der Waals surface area contributed by atoms with Crippen LogP contribution in [0.5, 0.6) is 5.75 Å². The molecule has 1 atom stereocenters. The van der Waals surface area contributed by atoms with Crippen LogP contribution in [0.1, 0.15) is 10.4 Å². The van der Waals surface area contributed by atoms with E-state index in [1.54, 1.807) is 31.5 Å². The average molecular weight is 403 g/mol. The van der Waals surface area contributed by atoms with E-state index in [4.69, 9.17) is 4.74 Å². The molecule has 0 bridgehead atoms. The molecular formula is C23H19N2O3S+. The van der Waals surface area contributed by atoms with Crippen LogP contribution in [-0.2, 0) is 4.79 Å². The number of imide groups is 1. The van der Waals surface area contributed by atoms with E-state index in [-0.39, 0.29) is 5.91 Å². The van der Waals surface area contributed by atoms with Crippen LogP contribution in [0.15, 0.2) is 84.4 Å². The van der Waals surface area contributed by atoms with Gasteiger partial charge in [0.25, 0.3) is 0 Å². The lowest BCUT2D eigenvalue weighted by Gasteiger charge is -2.27. The van der Waals surface area contributed by atoms with E-state index in [2.05, 4.69) is 5.32 Å². The molecule has 0 saturated carbocycles. The number of nitrogens with zero attached hydrogens (tertiary/aromatic N) is 1. The Labute approximate surface area is 172 Å². The van der Waals surface area contributed by atoms with Crippen molar-refractivity contribution in [2.45, 2.75) is 0 Å². The van der Waals surface area contributed by atoms with Crippen LogP contribution in [0.2, 0.25) is 0 Å². The Morgan fingerprint density at radius 2 is 1.79 bits per heavy atom. The third kappa shape index (κ3) is 3.29. The first-order chi connectivity index (χ1) is 14.2. The largest absolute Gasteiger partial charge is 0.497 e. The zero-order chi connectivity index (χ0) is 20.3. The minimum absolute atomic E-state index is 0.346. The van der Waals surface area contributed by atoms with Crippen LogP contribution >= 0.6 is 11.3 Å². The summed E-state index contributed by atoms with van der Waals surface area (Å²) in [6, 6.07) is 19.9. The summed E-state index contributed by atoms with van der Waals surface area (Å²) in [6.07, 6.45) is 4.80. The van der Waals surface area contributed by atoms with Gasteiger partial charge in [0, 0.05) is 18.2 Å². The Hall–Kier alpha value is -3.48. The molecule has 0 spiro atoms. The molecular weight excluding hydrogens is 384 g/mol. The van der Waals surface area contributed by atoms with Crippen molar-refractivity contribution in [3.05, 3.63) is 94.8 Å². The number of quaternary nitrogens is 1. The van der Waals surface area contributed by atoms with E-state index in [1.807, 2.05) is 60.0 Å². The first-order valence-corrected chi connectivity index (χ1v) is 9.91. The summed E-state index contributed by atoms with van der Waals surface area (Å²) in [5.41, 5.74) is 2.04. The number of thiophene rings is 1. The minimum atomic E-state index is -0.534. The van der Waals surface area contributed by atoms with Gasteiger partial charge >= 0.3 is 11.9 Å². The van der Waals surface area contributed by atoms with Crippen molar-refractivity contribution in [3.8, 4) is 5.75 Å². The summed E-state index contributed by atoms with van der Waals surface area (Å²) in [5.74, 6) is 0.393. The number of hydrogen-bond donors (Lipinski definition) is 1. The van der Waals surface area contributed by atoms with Gasteiger partial charge in [0.05, 0.1) is 18.2 Å². The summed E-state index contributed by atoms with van der Waals surface area (Å²) < 4.78 is 4.63. The highest BCUT2D eigenvalue weighted by Crippen LogP contribution is 2.40. The van der Waals surface area contributed by atoms with Crippen molar-refractivity contribution in [1.82, 2.24) is 9.80 Å². The number of methoxy groups -OCH3 is 1. The van der Waals surface area contributed by atoms with E-state index < -0.39 is 10.5 Å². The third-order valence-electron chi connectivity index (χ3n) is 4.78. The van der Waals surface area contributed by atoms with E-state index >= 15 is 0 Å². The fourth-order valence-corrected chi connectivity index (χ4v) is 4.12. The normalized spacial score (nSPS) is 18.5. The van der Waals surface area contributed by atoms with Crippen molar-refractivity contribution >= 4 is 40.7 Å². The smallest absolute Gasteiger partial charge is 0.438 e. The molecule has 29 heavy (non-hydrogen) atoms. The first-order valence-electron chi connectivity index (χ1n) is 9.03. The number of hydrogen-bond acceptors (Lipinski definition) is 4. The summed E-state index contributed by atoms with van der Waals surface area (Å²) in [7, 11) is 1.60. The van der Waals surface area contributed by atoms with Crippen LogP contribution < -0.4 is 14.5 Å². The van der Waals surface area contributed by atoms with Crippen molar-refractivity contribution in [2.75, 3.05) is 7.11 Å². The molecule has 1 aromatic heterocycles. The van der Waals surface area contributed by atoms with Gasteiger partial charge < -0.3 is 4.74 Å². The maximum Gasteiger partial charge on any atom is 0.438 e. The SMILES string of the molecule is COc1ccc(C=CC(=O)[N+]2(c3ccccc3)C(=O)NC=C2c2cccs2)cc1. The van der Waals surface area contributed by atoms with Gasteiger partial charge in [-0.05, 0) is 35.2 Å². The van der Waals surface area contributed by atoms with Crippen molar-refractivity contribution < 1.29 is 14.3 Å². The number of benzene rings is 2. The second-order valence-corrected chi connectivity index (χ2v) is 7.36. The quantitative estimate of drug-likeness (QED) is 0.480. The zero-order valence-corrected chi connectivity index (χ0v) is 16.6. The maximum absolute atomic E-state index is 13.5. The van der Waals surface area contributed by atoms with Gasteiger partial charge in [-0.3, -0.25) is 5.32 Å². The number of para-hydroxylation sites is 1. The zero-order valence-electron chi connectivity index (χ0n) is 15.7. The summed E-state index contributed by atoms with van der Waals surface area (Å²) >= 11 is 1.49. The highest BCUT2D eigenvalue weighted by molar-refractivity contribution is 7.11. The molecule has 3 aromatic rings. The topological polar surface area (TPSA) is 55.4 Å². The predicted molar refractivity (Wildman–Crippen MR) is 116 cm³/mol. The molecule has 1 aliphatic rings. The van der Waals surface area contributed by atoms with Crippen LogP contribution in [0.4, 0.5) is 10.5 Å². The highest BCUT2D eigenvalue weighted by Gasteiger charge is 2.54. The van der Waals surface area contributed by atoms with E-state index in [1.165, 1.54) is 17.4 Å². The van der Waals surface area contributed by atoms with Gasteiger partial charge in [-0.25, -0.2) is 9.59 Å².